The van der Waals surface area contributed by atoms with Crippen molar-refractivity contribution in [2.75, 3.05) is 5.43 Å². The first-order chi connectivity index (χ1) is 12.2. The second-order valence-corrected chi connectivity index (χ2v) is 5.82. The molecular formula is C17H13N7S. The summed E-state index contributed by atoms with van der Waals surface area (Å²) in [6.07, 6.45) is 3.50. The first-order valence-electron chi connectivity index (χ1n) is 7.22. The van der Waals surface area contributed by atoms with Gasteiger partial charge in [-0.1, -0.05) is 12.1 Å². The summed E-state index contributed by atoms with van der Waals surface area (Å²) < 4.78 is 0. The molecule has 122 valence electrons. The summed E-state index contributed by atoms with van der Waals surface area (Å²) in [7, 11) is 0. The van der Waals surface area contributed by atoms with E-state index in [1.54, 1.807) is 24.5 Å². The molecule has 0 saturated heterocycles. The number of nitrogens with one attached hydrogen (secondary N) is 2. The summed E-state index contributed by atoms with van der Waals surface area (Å²) in [5, 5.41) is 22.8. The van der Waals surface area contributed by atoms with Crippen LogP contribution in [0.4, 0.5) is 5.69 Å². The number of nitriles is 1. The van der Waals surface area contributed by atoms with Crippen LogP contribution in [0.15, 0.2) is 59.3 Å². The fraction of sp³-hybridized carbons (Fsp3) is 0. The number of nitrogens with zero attached hydrogens (tertiary/aromatic N) is 4. The van der Waals surface area contributed by atoms with Crippen molar-refractivity contribution >= 4 is 28.6 Å². The lowest BCUT2D eigenvalue weighted by molar-refractivity contribution is 1.30. The number of pyridine rings is 1. The molecule has 3 aromatic rings. The van der Waals surface area contributed by atoms with E-state index >= 15 is 0 Å². The van der Waals surface area contributed by atoms with Gasteiger partial charge in [-0.25, -0.2) is 4.98 Å². The Hall–Kier alpha value is -3.57. The average molecular weight is 347 g/mol. The van der Waals surface area contributed by atoms with Crippen molar-refractivity contribution < 1.29 is 0 Å². The minimum Gasteiger partial charge on any atom is -0.382 e. The lowest BCUT2D eigenvalue weighted by Crippen LogP contribution is -2.21. The Bertz CT molecular complexity index is 970. The molecule has 0 bridgehead atoms. The molecule has 0 aliphatic heterocycles. The first-order valence-corrected chi connectivity index (χ1v) is 8.10. The third-order valence-electron chi connectivity index (χ3n) is 3.23. The van der Waals surface area contributed by atoms with Crippen LogP contribution in [0.2, 0.25) is 0 Å². The summed E-state index contributed by atoms with van der Waals surface area (Å²) in [6, 6.07) is 13.1. The lowest BCUT2D eigenvalue weighted by atomic mass is 10.2. The van der Waals surface area contributed by atoms with Crippen LogP contribution < -0.4 is 11.2 Å². The molecule has 3 rings (SSSR count). The summed E-state index contributed by atoms with van der Waals surface area (Å²) in [4.78, 5) is 8.75. The highest BCUT2D eigenvalue weighted by Crippen LogP contribution is 2.29. The van der Waals surface area contributed by atoms with Crippen molar-refractivity contribution in [3.63, 3.8) is 0 Å². The predicted octanol–water partition coefficient (Wildman–Crippen LogP) is 3.10. The van der Waals surface area contributed by atoms with Gasteiger partial charge in [0, 0.05) is 28.9 Å². The molecule has 2 aromatic heterocycles. The fourth-order valence-corrected chi connectivity index (χ4v) is 2.87. The Labute approximate surface area is 148 Å². The van der Waals surface area contributed by atoms with E-state index in [1.807, 2.05) is 35.7 Å². The van der Waals surface area contributed by atoms with E-state index in [2.05, 4.69) is 20.5 Å². The summed E-state index contributed by atoms with van der Waals surface area (Å²) in [6.45, 7) is 0. The zero-order valence-electron chi connectivity index (χ0n) is 13.0. The Morgan fingerprint density at radius 3 is 2.84 bits per heavy atom. The number of aromatic nitrogens is 2. The van der Waals surface area contributed by atoms with Gasteiger partial charge in [0.05, 0.1) is 11.4 Å². The maximum Gasteiger partial charge on any atom is 0.201 e. The maximum absolute atomic E-state index is 8.86. The molecule has 4 N–H and O–H groups in total. The number of thiazole rings is 1. The van der Waals surface area contributed by atoms with Crippen LogP contribution in [0.3, 0.4) is 0 Å². The molecule has 0 amide bonds. The number of hydrogen-bond acceptors (Lipinski definition) is 7. The van der Waals surface area contributed by atoms with Crippen LogP contribution in [0.25, 0.3) is 21.8 Å². The van der Waals surface area contributed by atoms with Gasteiger partial charge < -0.3 is 5.73 Å². The van der Waals surface area contributed by atoms with E-state index in [-0.39, 0.29) is 11.5 Å². The molecule has 0 aliphatic carbocycles. The molecule has 25 heavy (non-hydrogen) atoms. The third-order valence-corrected chi connectivity index (χ3v) is 4.12. The summed E-state index contributed by atoms with van der Waals surface area (Å²) >= 11 is 1.53. The van der Waals surface area contributed by atoms with Crippen molar-refractivity contribution in [1.82, 2.24) is 9.97 Å². The van der Waals surface area contributed by atoms with Gasteiger partial charge in [0.25, 0.3) is 0 Å². The van der Waals surface area contributed by atoms with Crippen LogP contribution in [0.5, 0.6) is 0 Å². The molecule has 1 aromatic carbocycles. The van der Waals surface area contributed by atoms with E-state index in [0.717, 1.165) is 21.8 Å². The second kappa shape index (κ2) is 7.33. The molecule has 8 heteroatoms. The standard InChI is InChI=1S/C17H13N7S/c18-8-14(16(19)20)24-23-13-5-1-3-11(7-13)17-22-15(10-25-17)12-4-2-6-21-9-12/h1-7,9-10,23H,(H3,19,20)/b24-14+. The first kappa shape index (κ1) is 16.3. The smallest absolute Gasteiger partial charge is 0.201 e. The van der Waals surface area contributed by atoms with Crippen LogP contribution in [-0.2, 0) is 0 Å². The van der Waals surface area contributed by atoms with Gasteiger partial charge in [-0.2, -0.15) is 10.4 Å². The number of nitrogens with two attached hydrogens (primary N) is 1. The fourth-order valence-electron chi connectivity index (χ4n) is 2.04. The quantitative estimate of drug-likeness (QED) is 0.372. The molecule has 0 unspecified atom stereocenters. The van der Waals surface area contributed by atoms with Crippen molar-refractivity contribution in [3.05, 3.63) is 54.2 Å². The minimum absolute atomic E-state index is 0.168. The molecule has 0 fully saturated rings. The Balaban J connectivity index is 1.84. The Morgan fingerprint density at radius 1 is 1.28 bits per heavy atom. The second-order valence-electron chi connectivity index (χ2n) is 4.96. The number of rotatable bonds is 5. The molecule has 0 radical (unpaired) electrons. The van der Waals surface area contributed by atoms with Crippen molar-refractivity contribution in [1.29, 1.82) is 10.7 Å². The van der Waals surface area contributed by atoms with E-state index in [0.29, 0.717) is 5.69 Å². The molecule has 0 spiro atoms. The van der Waals surface area contributed by atoms with Crippen LogP contribution >= 0.6 is 11.3 Å². The summed E-state index contributed by atoms with van der Waals surface area (Å²) in [5.41, 5.74) is 11.3. The van der Waals surface area contributed by atoms with E-state index in [1.165, 1.54) is 11.3 Å². The molecule has 2 heterocycles. The van der Waals surface area contributed by atoms with Crippen LogP contribution in [0, 0.1) is 16.7 Å². The highest BCUT2D eigenvalue weighted by molar-refractivity contribution is 7.13. The SMILES string of the molecule is N#C/C(=N\Nc1cccc(-c2nc(-c3cccnc3)cs2)c1)C(=N)N. The normalized spacial score (nSPS) is 10.9. The van der Waals surface area contributed by atoms with Gasteiger partial charge in [-0.15, -0.1) is 11.3 Å². The van der Waals surface area contributed by atoms with Crippen molar-refractivity contribution in [2.24, 2.45) is 10.8 Å². The molecule has 0 aliphatic rings. The lowest BCUT2D eigenvalue weighted by Gasteiger charge is -2.03. The van der Waals surface area contributed by atoms with Gasteiger partial charge in [-0.05, 0) is 24.3 Å². The van der Waals surface area contributed by atoms with Gasteiger partial charge in [0.2, 0.25) is 5.71 Å². The zero-order valence-corrected chi connectivity index (χ0v) is 13.8. The van der Waals surface area contributed by atoms with E-state index < -0.39 is 0 Å². The number of benzene rings is 1. The third kappa shape index (κ3) is 3.85. The molecule has 0 atom stereocenters. The van der Waals surface area contributed by atoms with Crippen LogP contribution in [0.1, 0.15) is 0 Å². The van der Waals surface area contributed by atoms with Gasteiger partial charge >= 0.3 is 0 Å². The minimum atomic E-state index is -0.382. The van der Waals surface area contributed by atoms with Gasteiger partial charge in [-0.3, -0.25) is 15.8 Å². The number of amidine groups is 1. The highest BCUT2D eigenvalue weighted by atomic mass is 32.1. The zero-order chi connectivity index (χ0) is 17.6. The van der Waals surface area contributed by atoms with E-state index in [4.69, 9.17) is 16.4 Å². The van der Waals surface area contributed by atoms with Crippen LogP contribution in [-0.4, -0.2) is 21.5 Å². The highest BCUT2D eigenvalue weighted by Gasteiger charge is 2.08. The molecule has 7 nitrogen and oxygen atoms in total. The summed E-state index contributed by atoms with van der Waals surface area (Å²) in [5.74, 6) is -0.382. The Kier molecular flexibility index (Phi) is 4.78. The number of anilines is 1. The number of hydrazone groups is 1. The van der Waals surface area contributed by atoms with Gasteiger partial charge in [0.15, 0.2) is 5.84 Å². The van der Waals surface area contributed by atoms with Crippen molar-refractivity contribution in [3.8, 4) is 27.9 Å². The van der Waals surface area contributed by atoms with E-state index in [9.17, 15) is 0 Å². The maximum atomic E-state index is 8.86. The van der Waals surface area contributed by atoms with Gasteiger partial charge in [0.1, 0.15) is 11.1 Å². The predicted molar refractivity (Wildman–Crippen MR) is 99.4 cm³/mol. The molecular weight excluding hydrogens is 334 g/mol. The largest absolute Gasteiger partial charge is 0.382 e. The topological polar surface area (TPSA) is 124 Å². The average Bonchev–Trinajstić information content (AvgIpc) is 3.13. The van der Waals surface area contributed by atoms with Crippen molar-refractivity contribution in [2.45, 2.75) is 0 Å². The number of hydrogen-bond donors (Lipinski definition) is 3. The monoisotopic (exact) mass is 347 g/mol. The Morgan fingerprint density at radius 2 is 2.12 bits per heavy atom. The molecule has 0 saturated carbocycles.